The van der Waals surface area contributed by atoms with Crippen LogP contribution in [0.2, 0.25) is 5.02 Å². The van der Waals surface area contributed by atoms with Crippen LogP contribution in [0, 0.1) is 0 Å². The molecule has 1 aromatic rings. The van der Waals surface area contributed by atoms with Gasteiger partial charge in [-0.1, -0.05) is 18.5 Å². The number of halogens is 1. The van der Waals surface area contributed by atoms with Gasteiger partial charge in [-0.2, -0.15) is 0 Å². The lowest BCUT2D eigenvalue weighted by Gasteiger charge is -2.11. The number of carbonyl (C=O) groups is 1. The number of nitrogens with one attached hydrogen (secondary N) is 2. The van der Waals surface area contributed by atoms with E-state index in [0.717, 1.165) is 18.7 Å². The minimum Gasteiger partial charge on any atom is -0.462 e. The fourth-order valence-corrected chi connectivity index (χ4v) is 1.86. The van der Waals surface area contributed by atoms with Crippen molar-refractivity contribution in [2.75, 3.05) is 18.5 Å². The molecule has 0 amide bonds. The Morgan fingerprint density at radius 2 is 2.16 bits per heavy atom. The molecule has 0 aliphatic carbocycles. The van der Waals surface area contributed by atoms with E-state index in [2.05, 4.69) is 17.6 Å². The predicted molar refractivity (Wildman–Crippen MR) is 81.9 cm³/mol. The molecule has 19 heavy (non-hydrogen) atoms. The molecule has 1 rings (SSSR count). The van der Waals surface area contributed by atoms with Gasteiger partial charge in [-0.05, 0) is 43.8 Å². The molecule has 0 saturated carbocycles. The first-order valence-corrected chi connectivity index (χ1v) is 6.88. The van der Waals surface area contributed by atoms with Crippen molar-refractivity contribution in [3.05, 3.63) is 28.8 Å². The molecule has 0 fully saturated rings. The Morgan fingerprint density at radius 3 is 2.74 bits per heavy atom. The number of rotatable bonds is 5. The van der Waals surface area contributed by atoms with E-state index in [4.69, 9.17) is 28.6 Å². The van der Waals surface area contributed by atoms with Gasteiger partial charge in [0, 0.05) is 12.2 Å². The van der Waals surface area contributed by atoms with Gasteiger partial charge in [0.1, 0.15) is 0 Å². The molecule has 6 heteroatoms. The summed E-state index contributed by atoms with van der Waals surface area (Å²) in [6, 6.07) is 5.00. The summed E-state index contributed by atoms with van der Waals surface area (Å²) >= 11 is 11.2. The summed E-state index contributed by atoms with van der Waals surface area (Å²) in [7, 11) is 0. The van der Waals surface area contributed by atoms with E-state index < -0.39 is 5.97 Å². The second-order valence-electron chi connectivity index (χ2n) is 3.80. The van der Waals surface area contributed by atoms with Gasteiger partial charge in [-0.15, -0.1) is 0 Å². The normalized spacial score (nSPS) is 9.84. The average molecular weight is 301 g/mol. The Balaban J connectivity index is 2.71. The molecule has 0 spiro atoms. The average Bonchev–Trinajstić information content (AvgIpc) is 2.36. The van der Waals surface area contributed by atoms with Crippen LogP contribution in [0.15, 0.2) is 18.2 Å². The van der Waals surface area contributed by atoms with Gasteiger partial charge in [0.15, 0.2) is 5.11 Å². The Kier molecular flexibility index (Phi) is 6.59. The van der Waals surface area contributed by atoms with Crippen LogP contribution in [0.25, 0.3) is 0 Å². The van der Waals surface area contributed by atoms with Crippen molar-refractivity contribution in [2.45, 2.75) is 20.3 Å². The van der Waals surface area contributed by atoms with Crippen molar-refractivity contribution in [1.82, 2.24) is 5.32 Å². The van der Waals surface area contributed by atoms with Gasteiger partial charge in [0.2, 0.25) is 0 Å². The van der Waals surface area contributed by atoms with E-state index in [1.807, 2.05) is 0 Å². The van der Waals surface area contributed by atoms with Gasteiger partial charge < -0.3 is 15.4 Å². The third-order valence-corrected chi connectivity index (χ3v) is 2.82. The molecule has 4 nitrogen and oxygen atoms in total. The molecule has 0 aromatic heterocycles. The summed E-state index contributed by atoms with van der Waals surface area (Å²) in [6.07, 6.45) is 0.990. The number of benzene rings is 1. The van der Waals surface area contributed by atoms with Crippen molar-refractivity contribution < 1.29 is 9.53 Å². The maximum Gasteiger partial charge on any atom is 0.339 e. The second kappa shape index (κ2) is 7.96. The number of carbonyl (C=O) groups excluding carboxylic acids is 1. The highest BCUT2D eigenvalue weighted by Crippen LogP contribution is 2.21. The zero-order valence-corrected chi connectivity index (χ0v) is 12.5. The third kappa shape index (κ3) is 5.04. The molecule has 0 aliphatic heterocycles. The van der Waals surface area contributed by atoms with E-state index >= 15 is 0 Å². The highest BCUT2D eigenvalue weighted by atomic mass is 35.5. The molecule has 104 valence electrons. The van der Waals surface area contributed by atoms with E-state index in [9.17, 15) is 4.79 Å². The summed E-state index contributed by atoms with van der Waals surface area (Å²) in [6.45, 7) is 4.93. The van der Waals surface area contributed by atoms with Crippen LogP contribution < -0.4 is 10.6 Å². The van der Waals surface area contributed by atoms with E-state index in [1.54, 1.807) is 25.1 Å². The summed E-state index contributed by atoms with van der Waals surface area (Å²) in [5, 5.41) is 6.91. The van der Waals surface area contributed by atoms with Crippen LogP contribution in [-0.4, -0.2) is 24.2 Å². The highest BCUT2D eigenvalue weighted by Gasteiger charge is 2.11. The molecule has 1 aromatic carbocycles. The van der Waals surface area contributed by atoms with Gasteiger partial charge >= 0.3 is 5.97 Å². The minimum absolute atomic E-state index is 0.320. The lowest BCUT2D eigenvalue weighted by Crippen LogP contribution is -2.28. The number of hydrogen-bond acceptors (Lipinski definition) is 3. The maximum atomic E-state index is 11.6. The van der Waals surface area contributed by atoms with Crippen LogP contribution in [0.1, 0.15) is 30.6 Å². The van der Waals surface area contributed by atoms with Crippen LogP contribution >= 0.6 is 23.8 Å². The maximum absolute atomic E-state index is 11.6. The van der Waals surface area contributed by atoms with Crippen LogP contribution in [-0.2, 0) is 4.74 Å². The monoisotopic (exact) mass is 300 g/mol. The topological polar surface area (TPSA) is 50.4 Å². The minimum atomic E-state index is -0.425. The zero-order valence-electron chi connectivity index (χ0n) is 11.0. The fourth-order valence-electron chi connectivity index (χ4n) is 1.38. The SMILES string of the molecule is CCCNC(=S)Nc1ccc(C(=O)OCC)c(Cl)c1. The zero-order chi connectivity index (χ0) is 14.3. The van der Waals surface area contributed by atoms with Crippen molar-refractivity contribution >= 4 is 40.6 Å². The Labute approximate surface area is 123 Å². The molecule has 0 aliphatic rings. The lowest BCUT2D eigenvalue weighted by molar-refractivity contribution is 0.0526. The van der Waals surface area contributed by atoms with Crippen molar-refractivity contribution in [1.29, 1.82) is 0 Å². The van der Waals surface area contributed by atoms with E-state index in [0.29, 0.717) is 22.3 Å². The standard InChI is InChI=1S/C13H17ClN2O2S/c1-3-7-15-13(19)16-9-5-6-10(11(14)8-9)12(17)18-4-2/h5-6,8H,3-4,7H2,1-2H3,(H2,15,16,19). The summed E-state index contributed by atoms with van der Waals surface area (Å²) in [5.41, 5.74) is 1.08. The van der Waals surface area contributed by atoms with Gasteiger partial charge in [0.25, 0.3) is 0 Å². The Morgan fingerprint density at radius 1 is 1.42 bits per heavy atom. The predicted octanol–water partition coefficient (Wildman–Crippen LogP) is 3.21. The first-order valence-electron chi connectivity index (χ1n) is 6.10. The number of ether oxygens (including phenoxy) is 1. The summed E-state index contributed by atoms with van der Waals surface area (Å²) in [4.78, 5) is 11.6. The molecule has 0 heterocycles. The van der Waals surface area contributed by atoms with Gasteiger partial charge in [-0.3, -0.25) is 0 Å². The number of esters is 1. The van der Waals surface area contributed by atoms with Crippen LogP contribution in [0.4, 0.5) is 5.69 Å². The quantitative estimate of drug-likeness (QED) is 0.646. The lowest BCUT2D eigenvalue weighted by atomic mass is 10.2. The molecular weight excluding hydrogens is 284 g/mol. The van der Waals surface area contributed by atoms with Gasteiger partial charge in [0.05, 0.1) is 17.2 Å². The first-order chi connectivity index (χ1) is 9.08. The van der Waals surface area contributed by atoms with Crippen molar-refractivity contribution in [3.8, 4) is 0 Å². The molecule has 0 saturated heterocycles. The van der Waals surface area contributed by atoms with E-state index in [1.165, 1.54) is 0 Å². The van der Waals surface area contributed by atoms with Crippen LogP contribution in [0.3, 0.4) is 0 Å². The molecular formula is C13H17ClN2O2S. The van der Waals surface area contributed by atoms with Crippen molar-refractivity contribution in [3.63, 3.8) is 0 Å². The number of hydrogen-bond donors (Lipinski definition) is 2. The molecule has 2 N–H and O–H groups in total. The first kappa shape index (κ1) is 15.7. The summed E-state index contributed by atoms with van der Waals surface area (Å²) in [5.74, 6) is -0.425. The molecule has 0 radical (unpaired) electrons. The third-order valence-electron chi connectivity index (χ3n) is 2.26. The highest BCUT2D eigenvalue weighted by molar-refractivity contribution is 7.80. The molecule has 0 unspecified atom stereocenters. The Bertz CT molecular complexity index is 466. The number of anilines is 1. The molecule has 0 atom stereocenters. The second-order valence-corrected chi connectivity index (χ2v) is 4.61. The summed E-state index contributed by atoms with van der Waals surface area (Å²) < 4.78 is 4.90. The Hall–Kier alpha value is -1.33. The number of thiocarbonyl (C=S) groups is 1. The van der Waals surface area contributed by atoms with Crippen molar-refractivity contribution in [2.24, 2.45) is 0 Å². The van der Waals surface area contributed by atoms with Gasteiger partial charge in [-0.25, -0.2) is 4.79 Å². The smallest absolute Gasteiger partial charge is 0.339 e. The fraction of sp³-hybridized carbons (Fsp3) is 0.385. The molecule has 0 bridgehead atoms. The largest absolute Gasteiger partial charge is 0.462 e. The van der Waals surface area contributed by atoms with Crippen LogP contribution in [0.5, 0.6) is 0 Å². The van der Waals surface area contributed by atoms with E-state index in [-0.39, 0.29) is 0 Å².